The summed E-state index contributed by atoms with van der Waals surface area (Å²) in [6.07, 6.45) is 1.73. The predicted octanol–water partition coefficient (Wildman–Crippen LogP) is 1.84. The Kier molecular flexibility index (Phi) is 5.64. The molecule has 0 spiro atoms. The maximum absolute atomic E-state index is 11.1. The Bertz CT molecular complexity index is 658. The van der Waals surface area contributed by atoms with Gasteiger partial charge >= 0.3 is 0 Å². The van der Waals surface area contributed by atoms with E-state index in [-0.39, 0.29) is 29.8 Å². The minimum atomic E-state index is -0.274. The zero-order valence-electron chi connectivity index (χ0n) is 12.7. The number of anilines is 1. The summed E-state index contributed by atoms with van der Waals surface area (Å²) in [5.74, 6) is -0.140. The van der Waals surface area contributed by atoms with Gasteiger partial charge in [0, 0.05) is 6.92 Å². The number of aromatic nitrogens is 4. The van der Waals surface area contributed by atoms with Crippen LogP contribution in [0.15, 0.2) is 6.33 Å². The van der Waals surface area contributed by atoms with Gasteiger partial charge in [0.25, 0.3) is 0 Å². The van der Waals surface area contributed by atoms with E-state index in [1.807, 2.05) is 13.8 Å². The molecule has 0 aliphatic carbocycles. The maximum Gasteiger partial charge on any atom is 0.232 e. The Morgan fingerprint density at radius 3 is 2.86 bits per heavy atom. The van der Waals surface area contributed by atoms with Gasteiger partial charge in [0.2, 0.25) is 11.9 Å². The molecule has 0 fully saturated rings. The van der Waals surface area contributed by atoms with E-state index in [9.17, 15) is 4.79 Å². The molecular weight excluding hydrogens is 310 g/mol. The fourth-order valence-electron chi connectivity index (χ4n) is 1.72. The van der Waals surface area contributed by atoms with Crippen molar-refractivity contribution < 1.29 is 14.3 Å². The summed E-state index contributed by atoms with van der Waals surface area (Å²) in [5.41, 5.74) is 0.950. The molecule has 8 nitrogen and oxygen atoms in total. The minimum absolute atomic E-state index is 0.134. The van der Waals surface area contributed by atoms with Crippen LogP contribution in [0.3, 0.4) is 0 Å². The molecule has 9 heteroatoms. The zero-order chi connectivity index (χ0) is 16.1. The molecule has 0 atom stereocenters. The van der Waals surface area contributed by atoms with Crippen molar-refractivity contribution in [2.24, 2.45) is 0 Å². The number of ether oxygens (including phenoxy) is 2. The number of carbonyl (C=O) groups excluding carboxylic acids is 1. The molecule has 0 saturated heterocycles. The first kappa shape index (κ1) is 16.6. The molecule has 0 aliphatic rings. The third kappa shape index (κ3) is 4.36. The molecular formula is C13H18ClN5O3. The highest BCUT2D eigenvalue weighted by atomic mass is 35.5. The van der Waals surface area contributed by atoms with Crippen molar-refractivity contribution in [2.75, 3.05) is 18.5 Å². The van der Waals surface area contributed by atoms with Crippen molar-refractivity contribution in [3.05, 3.63) is 11.5 Å². The monoisotopic (exact) mass is 327 g/mol. The molecule has 2 heterocycles. The number of nitrogens with zero attached hydrogens (tertiary/aromatic N) is 4. The van der Waals surface area contributed by atoms with Crippen LogP contribution in [0.2, 0.25) is 5.15 Å². The number of fused-ring (bicyclic) bond motifs is 1. The van der Waals surface area contributed by atoms with Gasteiger partial charge in [-0.1, -0.05) is 11.6 Å². The van der Waals surface area contributed by atoms with Crippen LogP contribution in [-0.4, -0.2) is 44.7 Å². The first-order valence-electron chi connectivity index (χ1n) is 6.82. The Hall–Kier alpha value is -1.77. The molecule has 2 rings (SSSR count). The summed E-state index contributed by atoms with van der Waals surface area (Å²) in [4.78, 5) is 23.4. The largest absolute Gasteiger partial charge is 0.376 e. The standard InChI is InChI=1S/C13H18ClN5O3/c1-8(2)22-5-4-21-7-19-6-15-10-11(14)17-13(16-9(3)20)18-12(10)19/h6,8H,4-5,7H2,1-3H3,(H,16,17,18,20). The topological polar surface area (TPSA) is 91.2 Å². The van der Waals surface area contributed by atoms with Crippen molar-refractivity contribution in [3.8, 4) is 0 Å². The highest BCUT2D eigenvalue weighted by molar-refractivity contribution is 6.33. The van der Waals surface area contributed by atoms with E-state index in [0.29, 0.717) is 24.4 Å². The van der Waals surface area contributed by atoms with Crippen molar-refractivity contribution in [1.29, 1.82) is 0 Å². The quantitative estimate of drug-likeness (QED) is 0.616. The smallest absolute Gasteiger partial charge is 0.232 e. The van der Waals surface area contributed by atoms with Gasteiger partial charge in [0.1, 0.15) is 12.2 Å². The Labute approximate surface area is 132 Å². The third-order valence-electron chi connectivity index (χ3n) is 2.62. The molecule has 0 unspecified atom stereocenters. The van der Waals surface area contributed by atoms with Gasteiger partial charge in [0.15, 0.2) is 10.8 Å². The molecule has 2 aromatic heterocycles. The number of rotatable bonds is 7. The van der Waals surface area contributed by atoms with E-state index in [1.54, 1.807) is 10.9 Å². The maximum atomic E-state index is 11.1. The molecule has 1 N–H and O–H groups in total. The lowest BCUT2D eigenvalue weighted by atomic mass is 10.5. The lowest BCUT2D eigenvalue weighted by molar-refractivity contribution is -0.114. The predicted molar refractivity (Wildman–Crippen MR) is 81.7 cm³/mol. The van der Waals surface area contributed by atoms with Crippen molar-refractivity contribution >= 4 is 34.6 Å². The van der Waals surface area contributed by atoms with Gasteiger partial charge in [-0.2, -0.15) is 9.97 Å². The number of carbonyl (C=O) groups is 1. The average molecular weight is 328 g/mol. The number of imidazole rings is 1. The van der Waals surface area contributed by atoms with Crippen molar-refractivity contribution in [1.82, 2.24) is 19.5 Å². The summed E-state index contributed by atoms with van der Waals surface area (Å²) in [7, 11) is 0. The molecule has 1 amide bonds. The van der Waals surface area contributed by atoms with Gasteiger partial charge in [-0.15, -0.1) is 0 Å². The lowest BCUT2D eigenvalue weighted by Gasteiger charge is -2.09. The van der Waals surface area contributed by atoms with Crippen LogP contribution in [-0.2, 0) is 21.0 Å². The Morgan fingerprint density at radius 1 is 1.41 bits per heavy atom. The fourth-order valence-corrected chi connectivity index (χ4v) is 1.94. The fraction of sp³-hybridized carbons (Fsp3) is 0.538. The van der Waals surface area contributed by atoms with E-state index in [4.69, 9.17) is 21.1 Å². The van der Waals surface area contributed by atoms with E-state index in [1.165, 1.54) is 6.92 Å². The first-order chi connectivity index (χ1) is 10.5. The van der Waals surface area contributed by atoms with E-state index < -0.39 is 0 Å². The number of amides is 1. The second-order valence-electron chi connectivity index (χ2n) is 4.86. The molecule has 0 bridgehead atoms. The third-order valence-corrected chi connectivity index (χ3v) is 2.88. The van der Waals surface area contributed by atoms with Gasteiger partial charge < -0.3 is 9.47 Å². The van der Waals surface area contributed by atoms with E-state index in [0.717, 1.165) is 0 Å². The zero-order valence-corrected chi connectivity index (χ0v) is 13.4. The van der Waals surface area contributed by atoms with Crippen LogP contribution in [0.25, 0.3) is 11.2 Å². The minimum Gasteiger partial charge on any atom is -0.376 e. The summed E-state index contributed by atoms with van der Waals surface area (Å²) in [6.45, 7) is 6.52. The van der Waals surface area contributed by atoms with Gasteiger partial charge in [-0.3, -0.25) is 14.7 Å². The van der Waals surface area contributed by atoms with Crippen LogP contribution in [0.4, 0.5) is 5.95 Å². The number of hydrogen-bond donors (Lipinski definition) is 1. The van der Waals surface area contributed by atoms with Crippen LogP contribution in [0.1, 0.15) is 20.8 Å². The van der Waals surface area contributed by atoms with E-state index in [2.05, 4.69) is 20.3 Å². The van der Waals surface area contributed by atoms with Gasteiger partial charge in [0.05, 0.1) is 25.6 Å². The highest BCUT2D eigenvalue weighted by Gasteiger charge is 2.12. The lowest BCUT2D eigenvalue weighted by Crippen LogP contribution is -2.12. The number of hydrogen-bond acceptors (Lipinski definition) is 6. The average Bonchev–Trinajstić information content (AvgIpc) is 2.81. The molecule has 2 aromatic rings. The Morgan fingerprint density at radius 2 is 2.18 bits per heavy atom. The van der Waals surface area contributed by atoms with Crippen LogP contribution in [0.5, 0.6) is 0 Å². The Balaban J connectivity index is 2.06. The van der Waals surface area contributed by atoms with Gasteiger partial charge in [-0.05, 0) is 13.8 Å². The second-order valence-corrected chi connectivity index (χ2v) is 5.22. The van der Waals surface area contributed by atoms with Crippen molar-refractivity contribution in [3.63, 3.8) is 0 Å². The molecule has 120 valence electrons. The van der Waals surface area contributed by atoms with Gasteiger partial charge in [-0.25, -0.2) is 4.98 Å². The molecule has 0 saturated carbocycles. The molecule has 0 aromatic carbocycles. The number of nitrogens with one attached hydrogen (secondary N) is 1. The highest BCUT2D eigenvalue weighted by Crippen LogP contribution is 2.20. The summed E-state index contributed by atoms with van der Waals surface area (Å²) in [5, 5.41) is 2.67. The summed E-state index contributed by atoms with van der Waals surface area (Å²) >= 11 is 6.04. The summed E-state index contributed by atoms with van der Waals surface area (Å²) < 4.78 is 12.6. The van der Waals surface area contributed by atoms with Crippen molar-refractivity contribution in [2.45, 2.75) is 33.6 Å². The first-order valence-corrected chi connectivity index (χ1v) is 7.20. The van der Waals surface area contributed by atoms with Crippen LogP contribution >= 0.6 is 11.6 Å². The molecule has 22 heavy (non-hydrogen) atoms. The van der Waals surface area contributed by atoms with E-state index >= 15 is 0 Å². The second kappa shape index (κ2) is 7.48. The molecule has 0 radical (unpaired) electrons. The number of halogens is 1. The SMILES string of the molecule is CC(=O)Nc1nc(Cl)c2ncn(COCCOC(C)C)c2n1. The van der Waals surface area contributed by atoms with Crippen LogP contribution < -0.4 is 5.32 Å². The normalized spacial score (nSPS) is 11.3. The summed E-state index contributed by atoms with van der Waals surface area (Å²) in [6, 6.07) is 0. The van der Waals surface area contributed by atoms with Crippen LogP contribution in [0, 0.1) is 0 Å². The molecule has 0 aliphatic heterocycles.